The molecule has 0 bridgehead atoms. The lowest BCUT2D eigenvalue weighted by molar-refractivity contribution is 0.284. The van der Waals surface area contributed by atoms with E-state index in [1.54, 1.807) is 16.9 Å². The van der Waals surface area contributed by atoms with Crippen molar-refractivity contribution in [1.82, 2.24) is 4.74 Å². The van der Waals surface area contributed by atoms with Gasteiger partial charge in [0.05, 0.1) is 6.54 Å². The van der Waals surface area contributed by atoms with Gasteiger partial charge in [0.25, 0.3) is 0 Å². The van der Waals surface area contributed by atoms with Gasteiger partial charge in [0.15, 0.2) is 5.58 Å². The Morgan fingerprint density at radius 3 is 2.41 bits per heavy atom. The Balaban J connectivity index is 0.00000108. The van der Waals surface area contributed by atoms with Crippen LogP contribution < -0.4 is 0 Å². The van der Waals surface area contributed by atoms with E-state index in [1.165, 1.54) is 12.1 Å². The van der Waals surface area contributed by atoms with Crippen LogP contribution in [0.15, 0.2) is 53.1 Å². The van der Waals surface area contributed by atoms with Crippen molar-refractivity contribution in [3.05, 3.63) is 59.9 Å². The van der Waals surface area contributed by atoms with Gasteiger partial charge in [-0.1, -0.05) is 24.3 Å². The Morgan fingerprint density at radius 2 is 1.71 bits per heavy atom. The summed E-state index contributed by atoms with van der Waals surface area (Å²) in [5.74, 6) is -0.214. The first kappa shape index (κ1) is 11.8. The number of aromatic nitrogens is 1. The van der Waals surface area contributed by atoms with Gasteiger partial charge in [0.2, 0.25) is 0 Å². The number of halogens is 1. The van der Waals surface area contributed by atoms with Crippen LogP contribution in [-0.4, -0.2) is 4.74 Å². The second kappa shape index (κ2) is 4.67. The molecule has 2 nitrogen and oxygen atoms in total. The van der Waals surface area contributed by atoms with Gasteiger partial charge in [-0.15, -0.1) is 0 Å². The Kier molecular flexibility index (Phi) is 3.24. The zero-order chi connectivity index (χ0) is 11.0. The molecule has 0 saturated carbocycles. The van der Waals surface area contributed by atoms with Crippen LogP contribution in [-0.2, 0) is 6.54 Å². The molecule has 0 aliphatic rings. The molecule has 0 radical (unpaired) electrons. The van der Waals surface area contributed by atoms with Crippen molar-refractivity contribution in [3.8, 4) is 0 Å². The van der Waals surface area contributed by atoms with E-state index in [2.05, 4.69) is 0 Å². The predicted octanol–water partition coefficient (Wildman–Crippen LogP) is 3.53. The molecule has 17 heavy (non-hydrogen) atoms. The first-order valence-corrected chi connectivity index (χ1v) is 5.12. The van der Waals surface area contributed by atoms with E-state index in [0.717, 1.165) is 16.7 Å². The fraction of sp³-hybridized carbons (Fsp3) is 0.0769. The predicted molar refractivity (Wildman–Crippen MR) is 70.1 cm³/mol. The summed E-state index contributed by atoms with van der Waals surface area (Å²) in [5.41, 5.74) is 2.99. The van der Waals surface area contributed by atoms with E-state index < -0.39 is 0 Å². The fourth-order valence-electron chi connectivity index (χ4n) is 1.74. The molecule has 0 aliphatic heterocycles. The van der Waals surface area contributed by atoms with Crippen LogP contribution in [0.3, 0.4) is 0 Å². The van der Waals surface area contributed by atoms with Crippen molar-refractivity contribution in [2.75, 3.05) is 0 Å². The molecule has 0 fully saturated rings. The minimum absolute atomic E-state index is 0. The van der Waals surface area contributed by atoms with Gasteiger partial charge in [0.1, 0.15) is 11.3 Å². The third-order valence-electron chi connectivity index (χ3n) is 2.58. The molecule has 0 aliphatic carbocycles. The van der Waals surface area contributed by atoms with Gasteiger partial charge in [-0.3, -0.25) is 0 Å². The summed E-state index contributed by atoms with van der Waals surface area (Å²) in [6.45, 7) is 0.636. The quantitative estimate of drug-likeness (QED) is 0.679. The average molecular weight is 249 g/mol. The minimum Gasteiger partial charge on any atom is -0.377 e. The smallest absolute Gasteiger partial charge is 0.181 e. The number of hydrogen-bond donors (Lipinski definition) is 0. The second-order valence-corrected chi connectivity index (χ2v) is 3.72. The largest absolute Gasteiger partial charge is 0.377 e. The molecule has 3 aromatic rings. The molecule has 0 atom stereocenters. The maximum atomic E-state index is 12.7. The SMILES string of the molecule is Fc1ccc(Cn2oc3ccccc32)cc1.S. The summed E-state index contributed by atoms with van der Waals surface area (Å²) in [5, 5.41) is 0. The van der Waals surface area contributed by atoms with Crippen LogP contribution in [0.4, 0.5) is 4.39 Å². The lowest BCUT2D eigenvalue weighted by atomic mass is 10.2. The van der Waals surface area contributed by atoms with Crippen molar-refractivity contribution in [2.24, 2.45) is 0 Å². The van der Waals surface area contributed by atoms with Gasteiger partial charge in [0, 0.05) is 0 Å². The van der Waals surface area contributed by atoms with Crippen molar-refractivity contribution in [1.29, 1.82) is 0 Å². The summed E-state index contributed by atoms with van der Waals surface area (Å²) >= 11 is 0. The molecule has 4 heteroatoms. The molecule has 3 rings (SSSR count). The molecule has 0 unspecified atom stereocenters. The van der Waals surface area contributed by atoms with Crippen molar-refractivity contribution in [2.45, 2.75) is 6.54 Å². The number of nitrogens with zero attached hydrogens (tertiary/aromatic N) is 1. The lowest BCUT2D eigenvalue weighted by Crippen LogP contribution is -2.05. The molecule has 88 valence electrons. The molecule has 2 aromatic carbocycles. The van der Waals surface area contributed by atoms with E-state index in [1.807, 2.05) is 24.3 Å². The zero-order valence-electron chi connectivity index (χ0n) is 9.06. The summed E-state index contributed by atoms with van der Waals surface area (Å²) in [6, 6.07) is 14.3. The van der Waals surface area contributed by atoms with Gasteiger partial charge < -0.3 is 4.52 Å². The van der Waals surface area contributed by atoms with Crippen LogP contribution in [0.5, 0.6) is 0 Å². The summed E-state index contributed by atoms with van der Waals surface area (Å²) in [6.07, 6.45) is 0. The topological polar surface area (TPSA) is 18.1 Å². The van der Waals surface area contributed by atoms with Gasteiger partial charge in [-0.05, 0) is 29.8 Å². The third-order valence-corrected chi connectivity index (χ3v) is 2.58. The number of benzene rings is 2. The molecule has 0 amide bonds. The molecule has 0 saturated heterocycles. The van der Waals surface area contributed by atoms with E-state index in [-0.39, 0.29) is 19.3 Å². The second-order valence-electron chi connectivity index (χ2n) is 3.72. The number of hydrogen-bond acceptors (Lipinski definition) is 1. The van der Waals surface area contributed by atoms with E-state index in [4.69, 9.17) is 4.52 Å². The van der Waals surface area contributed by atoms with E-state index >= 15 is 0 Å². The molecule has 1 heterocycles. The highest BCUT2D eigenvalue weighted by Crippen LogP contribution is 2.19. The monoisotopic (exact) mass is 249 g/mol. The molecular weight excluding hydrogens is 237 g/mol. The summed E-state index contributed by atoms with van der Waals surface area (Å²) in [7, 11) is 0. The van der Waals surface area contributed by atoms with Gasteiger partial charge in [-0.25, -0.2) is 9.13 Å². The highest BCUT2D eigenvalue weighted by atomic mass is 32.1. The van der Waals surface area contributed by atoms with Gasteiger partial charge >= 0.3 is 0 Å². The Bertz CT molecular complexity index is 612. The first-order chi connectivity index (χ1) is 7.83. The summed E-state index contributed by atoms with van der Waals surface area (Å²) < 4.78 is 20.0. The Morgan fingerprint density at radius 1 is 1.00 bits per heavy atom. The number of rotatable bonds is 2. The minimum atomic E-state index is -0.214. The average Bonchev–Trinajstić information content (AvgIpc) is 2.28. The fourth-order valence-corrected chi connectivity index (χ4v) is 1.74. The lowest BCUT2D eigenvalue weighted by Gasteiger charge is -2.13. The number of fused-ring (bicyclic) bond motifs is 1. The van der Waals surface area contributed by atoms with Gasteiger partial charge in [-0.2, -0.15) is 13.5 Å². The third kappa shape index (κ3) is 2.22. The molecule has 0 spiro atoms. The van der Waals surface area contributed by atoms with Crippen molar-refractivity contribution >= 4 is 24.6 Å². The Labute approximate surface area is 105 Å². The standard InChI is InChI=1S/C13H10FNO.H2S/c14-11-7-5-10(6-8-11)9-15-12-3-1-2-4-13(12)16-15;/h1-8H,9H2;1H2. The zero-order valence-corrected chi connectivity index (χ0v) is 10.1. The van der Waals surface area contributed by atoms with Crippen LogP contribution >= 0.6 is 13.5 Å². The van der Waals surface area contributed by atoms with E-state index in [9.17, 15) is 4.39 Å². The summed E-state index contributed by atoms with van der Waals surface area (Å²) in [4.78, 5) is 0. The maximum absolute atomic E-state index is 12.7. The number of para-hydroxylation sites is 2. The van der Waals surface area contributed by atoms with Crippen molar-refractivity contribution in [3.63, 3.8) is 0 Å². The first-order valence-electron chi connectivity index (χ1n) is 5.12. The normalized spacial score (nSPS) is 10.4. The van der Waals surface area contributed by atoms with Crippen LogP contribution in [0.1, 0.15) is 5.56 Å². The van der Waals surface area contributed by atoms with Crippen molar-refractivity contribution < 1.29 is 8.91 Å². The molecule has 0 N–H and O–H groups in total. The highest BCUT2D eigenvalue weighted by molar-refractivity contribution is 7.59. The Hall–Kier alpha value is -1.68. The molecule has 1 aromatic heterocycles. The highest BCUT2D eigenvalue weighted by Gasteiger charge is 2.07. The van der Waals surface area contributed by atoms with Crippen LogP contribution in [0.2, 0.25) is 0 Å². The van der Waals surface area contributed by atoms with Crippen LogP contribution in [0.25, 0.3) is 11.1 Å². The van der Waals surface area contributed by atoms with Crippen LogP contribution in [0, 0.1) is 5.82 Å². The molecular formula is C13H12FNOS. The maximum Gasteiger partial charge on any atom is 0.181 e. The van der Waals surface area contributed by atoms with E-state index in [0.29, 0.717) is 6.54 Å².